The van der Waals surface area contributed by atoms with E-state index in [9.17, 15) is 5.21 Å². The minimum absolute atomic E-state index is 0.00769. The molecule has 2 rings (SSSR count). The zero-order valence-corrected chi connectivity index (χ0v) is 12.8. The molecule has 1 aromatic rings. The minimum atomic E-state index is -0.586. The predicted molar refractivity (Wildman–Crippen MR) is 78.3 cm³/mol. The van der Waals surface area contributed by atoms with Gasteiger partial charge in [-0.1, -0.05) is 0 Å². The Bertz CT molecular complexity index is 458. The van der Waals surface area contributed by atoms with Crippen molar-refractivity contribution < 1.29 is 10.2 Å². The lowest BCUT2D eigenvalue weighted by atomic mass is 10.2. The normalized spacial score (nSPS) is 22.4. The number of fused-ring (bicyclic) bond motifs is 1. The van der Waals surface area contributed by atoms with E-state index in [4.69, 9.17) is 10.2 Å². The van der Waals surface area contributed by atoms with Crippen LogP contribution in [0, 0.1) is 5.21 Å². The van der Waals surface area contributed by atoms with Crippen molar-refractivity contribution in [1.82, 2.24) is 4.65 Å². The first-order valence-electron chi connectivity index (χ1n) is 5.56. The van der Waals surface area contributed by atoms with Gasteiger partial charge in [0.1, 0.15) is 12.2 Å². The number of quaternary nitrogens is 1. The SMILES string of the molecule is [O-][N+]1(CCO)CN(CCO)c2cc(Br)c(Br)cc21. The largest absolute Gasteiger partial charge is 0.626 e. The molecule has 0 aliphatic carbocycles. The maximum absolute atomic E-state index is 12.7. The number of aliphatic hydroxyl groups excluding tert-OH is 2. The number of rotatable bonds is 4. The first kappa shape index (κ1) is 14.2. The predicted octanol–water partition coefficient (Wildman–Crippen LogP) is 1.78. The maximum atomic E-state index is 12.7. The van der Waals surface area contributed by atoms with Gasteiger partial charge in [-0.2, -0.15) is 0 Å². The van der Waals surface area contributed by atoms with E-state index in [0.29, 0.717) is 12.2 Å². The summed E-state index contributed by atoms with van der Waals surface area (Å²) < 4.78 is 1.09. The molecule has 0 saturated carbocycles. The van der Waals surface area contributed by atoms with E-state index in [1.165, 1.54) is 0 Å². The van der Waals surface area contributed by atoms with Gasteiger partial charge in [-0.3, -0.25) is 0 Å². The highest BCUT2D eigenvalue weighted by Crippen LogP contribution is 2.44. The van der Waals surface area contributed by atoms with Crippen molar-refractivity contribution in [3.05, 3.63) is 26.3 Å². The standard InChI is InChI=1S/C11H14Br2N2O3/c12-8-5-10-11(6-9(8)13)15(18,2-4-17)7-14(10)1-3-16/h5-6,16-17H,1-4,7H2. The average molecular weight is 382 g/mol. The Morgan fingerprint density at radius 1 is 1.22 bits per heavy atom. The monoisotopic (exact) mass is 380 g/mol. The maximum Gasteiger partial charge on any atom is 0.159 e. The molecule has 1 aromatic carbocycles. The lowest BCUT2D eigenvalue weighted by Crippen LogP contribution is -2.48. The highest BCUT2D eigenvalue weighted by atomic mass is 79.9. The van der Waals surface area contributed by atoms with Crippen LogP contribution in [0.1, 0.15) is 0 Å². The molecule has 2 N–H and O–H groups in total. The summed E-state index contributed by atoms with van der Waals surface area (Å²) in [7, 11) is 0. The summed E-state index contributed by atoms with van der Waals surface area (Å²) in [5, 5.41) is 30.8. The van der Waals surface area contributed by atoms with E-state index in [0.717, 1.165) is 14.6 Å². The third-order valence-electron chi connectivity index (χ3n) is 3.03. The molecule has 1 heterocycles. The summed E-state index contributed by atoms with van der Waals surface area (Å²) in [5.41, 5.74) is 1.43. The van der Waals surface area contributed by atoms with Gasteiger partial charge in [0.05, 0.1) is 13.2 Å². The molecule has 0 bridgehead atoms. The second kappa shape index (κ2) is 5.44. The van der Waals surface area contributed by atoms with Crippen molar-refractivity contribution in [2.24, 2.45) is 0 Å². The van der Waals surface area contributed by atoms with Crippen LogP contribution < -0.4 is 9.55 Å². The Labute approximate surface area is 122 Å². The van der Waals surface area contributed by atoms with E-state index < -0.39 is 4.65 Å². The molecule has 7 heteroatoms. The molecule has 0 radical (unpaired) electrons. The molecule has 0 spiro atoms. The lowest BCUT2D eigenvalue weighted by Gasteiger charge is -2.37. The topological polar surface area (TPSA) is 66.8 Å². The fraction of sp³-hybridized carbons (Fsp3) is 0.455. The molecule has 0 saturated heterocycles. The Balaban J connectivity index is 2.47. The van der Waals surface area contributed by atoms with Crippen LogP contribution in [0.5, 0.6) is 0 Å². The third-order valence-corrected chi connectivity index (χ3v) is 4.87. The second-order valence-corrected chi connectivity index (χ2v) is 5.93. The van der Waals surface area contributed by atoms with Crippen molar-refractivity contribution in [2.45, 2.75) is 0 Å². The van der Waals surface area contributed by atoms with Gasteiger partial charge >= 0.3 is 0 Å². The first-order valence-corrected chi connectivity index (χ1v) is 7.15. The van der Waals surface area contributed by atoms with Crippen LogP contribution in [0.15, 0.2) is 21.1 Å². The highest BCUT2D eigenvalue weighted by Gasteiger charge is 2.36. The molecule has 18 heavy (non-hydrogen) atoms. The molecule has 5 nitrogen and oxygen atoms in total. The van der Waals surface area contributed by atoms with Crippen molar-refractivity contribution in [3.63, 3.8) is 0 Å². The number of anilines is 1. The zero-order chi connectivity index (χ0) is 13.3. The van der Waals surface area contributed by atoms with Crippen LogP contribution in [-0.2, 0) is 0 Å². The Kier molecular flexibility index (Phi) is 4.30. The number of β-amino-alcohol motifs (C(OH)–C–C–N with tert-alkyl or cyclic N) is 1. The van der Waals surface area contributed by atoms with E-state index in [-0.39, 0.29) is 26.4 Å². The van der Waals surface area contributed by atoms with Crippen LogP contribution in [0.4, 0.5) is 11.4 Å². The van der Waals surface area contributed by atoms with Crippen LogP contribution in [0.25, 0.3) is 0 Å². The van der Waals surface area contributed by atoms with Gasteiger partial charge in [0.25, 0.3) is 0 Å². The molecular formula is C11H14Br2N2O3. The molecule has 1 aliphatic rings. The number of hydrogen-bond acceptors (Lipinski definition) is 4. The molecule has 100 valence electrons. The van der Waals surface area contributed by atoms with Crippen molar-refractivity contribution in [3.8, 4) is 0 Å². The van der Waals surface area contributed by atoms with Crippen molar-refractivity contribution in [2.75, 3.05) is 37.9 Å². The van der Waals surface area contributed by atoms with Crippen LogP contribution in [-0.4, -0.2) is 43.2 Å². The van der Waals surface area contributed by atoms with Gasteiger partial charge in [-0.15, -0.1) is 0 Å². The summed E-state index contributed by atoms with van der Waals surface area (Å²) >= 11 is 6.79. The van der Waals surface area contributed by atoms with Crippen LogP contribution in [0.3, 0.4) is 0 Å². The number of halogens is 2. The Morgan fingerprint density at radius 2 is 1.89 bits per heavy atom. The smallest absolute Gasteiger partial charge is 0.159 e. The van der Waals surface area contributed by atoms with E-state index >= 15 is 0 Å². The minimum Gasteiger partial charge on any atom is -0.626 e. The summed E-state index contributed by atoms with van der Waals surface area (Å²) in [6, 6.07) is 3.64. The highest BCUT2D eigenvalue weighted by molar-refractivity contribution is 9.13. The zero-order valence-electron chi connectivity index (χ0n) is 9.64. The van der Waals surface area contributed by atoms with Crippen LogP contribution >= 0.6 is 31.9 Å². The number of nitrogens with zero attached hydrogens (tertiary/aromatic N) is 2. The summed E-state index contributed by atoms with van der Waals surface area (Å²) in [5.74, 6) is 0. The Hall–Kier alpha value is -0.180. The lowest BCUT2D eigenvalue weighted by molar-refractivity contribution is 0.240. The molecule has 0 aromatic heterocycles. The van der Waals surface area contributed by atoms with Gasteiger partial charge in [0, 0.05) is 21.6 Å². The first-order chi connectivity index (χ1) is 8.51. The van der Waals surface area contributed by atoms with Gasteiger partial charge in [-0.05, 0) is 37.9 Å². The fourth-order valence-corrected chi connectivity index (χ4v) is 2.86. The molecule has 0 amide bonds. The molecule has 0 fully saturated rings. The summed E-state index contributed by atoms with van der Waals surface area (Å²) in [4.78, 5) is 1.84. The molecule has 1 atom stereocenters. The van der Waals surface area contributed by atoms with Gasteiger partial charge < -0.3 is 25.0 Å². The average Bonchev–Trinajstić information content (AvgIpc) is 2.55. The second-order valence-electron chi connectivity index (χ2n) is 4.22. The molecule has 1 aliphatic heterocycles. The number of benzene rings is 1. The van der Waals surface area contributed by atoms with Crippen LogP contribution in [0.2, 0.25) is 0 Å². The Morgan fingerprint density at radius 3 is 2.50 bits per heavy atom. The number of hydrogen-bond donors (Lipinski definition) is 2. The fourth-order valence-electron chi connectivity index (χ4n) is 2.20. The van der Waals surface area contributed by atoms with E-state index in [2.05, 4.69) is 31.9 Å². The van der Waals surface area contributed by atoms with E-state index in [1.54, 1.807) is 6.07 Å². The number of hydroxylamine groups is 2. The van der Waals surface area contributed by atoms with Gasteiger partial charge in [0.15, 0.2) is 12.4 Å². The quantitative estimate of drug-likeness (QED) is 0.616. The molecule has 1 unspecified atom stereocenters. The van der Waals surface area contributed by atoms with Gasteiger partial charge in [-0.25, -0.2) is 0 Å². The summed E-state index contributed by atoms with van der Waals surface area (Å²) in [6.45, 7) is 0.576. The van der Waals surface area contributed by atoms with Crippen molar-refractivity contribution >= 4 is 43.2 Å². The molecular weight excluding hydrogens is 368 g/mol. The third kappa shape index (κ3) is 2.43. The number of aliphatic hydroxyl groups is 2. The van der Waals surface area contributed by atoms with E-state index in [1.807, 2.05) is 11.0 Å². The van der Waals surface area contributed by atoms with Crippen molar-refractivity contribution in [1.29, 1.82) is 0 Å². The van der Waals surface area contributed by atoms with Gasteiger partial charge in [0.2, 0.25) is 0 Å². The summed E-state index contributed by atoms with van der Waals surface area (Å²) in [6.07, 6.45) is 0.